The Morgan fingerprint density at radius 1 is 1.32 bits per heavy atom. The van der Waals surface area contributed by atoms with Crippen molar-refractivity contribution in [1.29, 1.82) is 0 Å². The number of nitrogens with zero attached hydrogens (tertiary/aromatic N) is 2. The van der Waals surface area contributed by atoms with E-state index in [0.29, 0.717) is 25.5 Å². The Labute approximate surface area is 114 Å². The number of hydrogen-bond acceptors (Lipinski definition) is 4. The van der Waals surface area contributed by atoms with E-state index in [0.717, 1.165) is 19.3 Å². The summed E-state index contributed by atoms with van der Waals surface area (Å²) < 4.78 is 26.2. The second kappa shape index (κ2) is 6.04. The van der Waals surface area contributed by atoms with Gasteiger partial charge < -0.3 is 5.32 Å². The number of hydrogen-bond donors (Lipinski definition) is 1. The summed E-state index contributed by atoms with van der Waals surface area (Å²) in [7, 11) is -3.40. The predicted octanol–water partition coefficient (Wildman–Crippen LogP) is 1.30. The molecule has 0 radical (unpaired) electrons. The molecule has 0 atom stereocenters. The van der Waals surface area contributed by atoms with Crippen molar-refractivity contribution in [2.24, 2.45) is 0 Å². The molecule has 19 heavy (non-hydrogen) atoms. The van der Waals surface area contributed by atoms with Crippen molar-refractivity contribution in [3.63, 3.8) is 0 Å². The Kier molecular flexibility index (Phi) is 4.40. The summed E-state index contributed by atoms with van der Waals surface area (Å²) in [5.74, 6) is 3.01. The number of anilines is 1. The zero-order chi connectivity index (χ0) is 13.7. The van der Waals surface area contributed by atoms with Gasteiger partial charge in [0.15, 0.2) is 0 Å². The molecule has 2 heterocycles. The number of rotatable bonds is 4. The third-order valence-corrected chi connectivity index (χ3v) is 4.94. The largest absolute Gasteiger partial charge is 0.359 e. The van der Waals surface area contributed by atoms with E-state index in [1.807, 2.05) is 0 Å². The fourth-order valence-electron chi connectivity index (χ4n) is 2.03. The van der Waals surface area contributed by atoms with Crippen molar-refractivity contribution >= 4 is 15.8 Å². The molecule has 1 aliphatic heterocycles. The molecule has 5 nitrogen and oxygen atoms in total. The van der Waals surface area contributed by atoms with Crippen LogP contribution in [0.1, 0.15) is 19.3 Å². The van der Waals surface area contributed by atoms with Crippen molar-refractivity contribution in [3.05, 3.63) is 18.3 Å². The maximum atomic E-state index is 12.3. The highest BCUT2D eigenvalue weighted by Crippen LogP contribution is 2.20. The quantitative estimate of drug-likeness (QED) is 0.844. The second-order valence-corrected chi connectivity index (χ2v) is 6.34. The number of nitrogens with one attached hydrogen (secondary N) is 1. The maximum absolute atomic E-state index is 12.3. The molecule has 1 aromatic heterocycles. The second-order valence-electron chi connectivity index (χ2n) is 4.40. The molecule has 0 saturated carbocycles. The number of pyridine rings is 1. The minimum Gasteiger partial charge on any atom is -0.359 e. The van der Waals surface area contributed by atoms with Crippen molar-refractivity contribution in [3.8, 4) is 12.3 Å². The lowest BCUT2D eigenvalue weighted by Gasteiger charge is -2.25. The molecule has 1 aromatic rings. The summed E-state index contributed by atoms with van der Waals surface area (Å²) in [6, 6.07) is 3.20. The predicted molar refractivity (Wildman–Crippen MR) is 74.2 cm³/mol. The Morgan fingerprint density at radius 2 is 2.05 bits per heavy atom. The van der Waals surface area contributed by atoms with Crippen LogP contribution in [0.2, 0.25) is 0 Å². The highest BCUT2D eigenvalue weighted by atomic mass is 32.2. The van der Waals surface area contributed by atoms with Gasteiger partial charge in [-0.2, -0.15) is 4.31 Å². The van der Waals surface area contributed by atoms with E-state index in [4.69, 9.17) is 6.42 Å². The number of piperidine rings is 1. The van der Waals surface area contributed by atoms with Crippen LogP contribution in [0.15, 0.2) is 23.2 Å². The van der Waals surface area contributed by atoms with E-state index >= 15 is 0 Å². The van der Waals surface area contributed by atoms with Gasteiger partial charge in [0, 0.05) is 19.3 Å². The van der Waals surface area contributed by atoms with Crippen LogP contribution in [0.25, 0.3) is 0 Å². The van der Waals surface area contributed by atoms with Crippen LogP contribution in [-0.4, -0.2) is 37.3 Å². The molecule has 1 saturated heterocycles. The van der Waals surface area contributed by atoms with Crippen LogP contribution in [0.5, 0.6) is 0 Å². The minimum atomic E-state index is -3.40. The van der Waals surface area contributed by atoms with Gasteiger partial charge in [-0.25, -0.2) is 13.4 Å². The van der Waals surface area contributed by atoms with Crippen molar-refractivity contribution < 1.29 is 8.42 Å². The molecule has 1 fully saturated rings. The molecular weight excluding hydrogens is 262 g/mol. The van der Waals surface area contributed by atoms with Crippen LogP contribution >= 0.6 is 0 Å². The monoisotopic (exact) mass is 279 g/mol. The lowest BCUT2D eigenvalue weighted by atomic mass is 10.2. The first kappa shape index (κ1) is 13.8. The van der Waals surface area contributed by atoms with Gasteiger partial charge in [-0.05, 0) is 25.0 Å². The van der Waals surface area contributed by atoms with Gasteiger partial charge >= 0.3 is 0 Å². The van der Waals surface area contributed by atoms with Gasteiger partial charge in [-0.1, -0.05) is 12.3 Å². The van der Waals surface area contributed by atoms with E-state index in [9.17, 15) is 8.42 Å². The highest BCUT2D eigenvalue weighted by Gasteiger charge is 2.25. The van der Waals surface area contributed by atoms with Crippen LogP contribution in [0.3, 0.4) is 0 Å². The van der Waals surface area contributed by atoms with Gasteiger partial charge in [0.2, 0.25) is 10.0 Å². The molecule has 1 N–H and O–H groups in total. The first-order valence-corrected chi connectivity index (χ1v) is 7.72. The number of terminal acetylenes is 1. The standard InChI is InChI=1S/C13H17N3O2S/c1-2-8-14-13-7-6-12(11-15-13)19(17,18)16-9-4-3-5-10-16/h1,6-7,11H,3-5,8-10H2,(H,14,15). The molecule has 0 aromatic carbocycles. The summed E-state index contributed by atoms with van der Waals surface area (Å²) in [6.07, 6.45) is 9.45. The molecule has 6 heteroatoms. The van der Waals surface area contributed by atoms with E-state index in [2.05, 4.69) is 16.2 Å². The summed E-state index contributed by atoms with van der Waals surface area (Å²) >= 11 is 0. The van der Waals surface area contributed by atoms with E-state index in [1.54, 1.807) is 12.1 Å². The molecular formula is C13H17N3O2S. The minimum absolute atomic E-state index is 0.237. The van der Waals surface area contributed by atoms with E-state index in [1.165, 1.54) is 10.5 Å². The van der Waals surface area contributed by atoms with Crippen LogP contribution < -0.4 is 5.32 Å². The molecule has 1 aliphatic rings. The third kappa shape index (κ3) is 3.25. The summed E-state index contributed by atoms with van der Waals surface area (Å²) in [4.78, 5) is 4.30. The Morgan fingerprint density at radius 3 is 2.63 bits per heavy atom. The van der Waals surface area contributed by atoms with Crippen LogP contribution in [-0.2, 0) is 10.0 Å². The summed E-state index contributed by atoms with van der Waals surface area (Å²) in [5, 5.41) is 2.90. The van der Waals surface area contributed by atoms with Gasteiger partial charge in [0.05, 0.1) is 6.54 Å². The third-order valence-electron chi connectivity index (χ3n) is 3.06. The van der Waals surface area contributed by atoms with Crippen molar-refractivity contribution in [2.75, 3.05) is 25.0 Å². The Bertz CT molecular complexity index is 555. The highest BCUT2D eigenvalue weighted by molar-refractivity contribution is 7.89. The Balaban J connectivity index is 2.14. The summed E-state index contributed by atoms with van der Waals surface area (Å²) in [6.45, 7) is 1.56. The number of aromatic nitrogens is 1. The van der Waals surface area contributed by atoms with Crippen molar-refractivity contribution in [1.82, 2.24) is 9.29 Å². The molecule has 2 rings (SSSR count). The zero-order valence-electron chi connectivity index (χ0n) is 10.7. The molecule has 0 amide bonds. The van der Waals surface area contributed by atoms with Crippen LogP contribution in [0, 0.1) is 12.3 Å². The van der Waals surface area contributed by atoms with E-state index in [-0.39, 0.29) is 4.90 Å². The fraction of sp³-hybridized carbons (Fsp3) is 0.462. The first-order chi connectivity index (χ1) is 9.14. The average molecular weight is 279 g/mol. The van der Waals surface area contributed by atoms with Crippen LogP contribution in [0.4, 0.5) is 5.82 Å². The molecule has 0 unspecified atom stereocenters. The van der Waals surface area contributed by atoms with Gasteiger partial charge in [-0.3, -0.25) is 0 Å². The summed E-state index contributed by atoms with van der Waals surface area (Å²) in [5.41, 5.74) is 0. The average Bonchev–Trinajstić information content (AvgIpc) is 2.46. The topological polar surface area (TPSA) is 62.3 Å². The molecule has 102 valence electrons. The zero-order valence-corrected chi connectivity index (χ0v) is 11.5. The van der Waals surface area contributed by atoms with Gasteiger partial charge in [0.1, 0.15) is 10.7 Å². The van der Waals surface area contributed by atoms with Gasteiger partial charge in [0.25, 0.3) is 0 Å². The molecule has 0 spiro atoms. The smallest absolute Gasteiger partial charge is 0.244 e. The molecule has 0 aliphatic carbocycles. The normalized spacial score (nSPS) is 16.8. The Hall–Kier alpha value is -1.58. The number of sulfonamides is 1. The van der Waals surface area contributed by atoms with Crippen molar-refractivity contribution in [2.45, 2.75) is 24.2 Å². The fourth-order valence-corrected chi connectivity index (χ4v) is 3.50. The first-order valence-electron chi connectivity index (χ1n) is 6.28. The lowest BCUT2D eigenvalue weighted by molar-refractivity contribution is 0.346. The maximum Gasteiger partial charge on any atom is 0.244 e. The van der Waals surface area contributed by atoms with Gasteiger partial charge in [-0.15, -0.1) is 6.42 Å². The SMILES string of the molecule is C#CCNc1ccc(S(=O)(=O)N2CCCCC2)cn1. The lowest BCUT2D eigenvalue weighted by Crippen LogP contribution is -2.35. The van der Waals surface area contributed by atoms with E-state index < -0.39 is 10.0 Å². The molecule has 0 bridgehead atoms.